The molecule has 1 saturated heterocycles. The van der Waals surface area contributed by atoms with E-state index in [4.69, 9.17) is 9.15 Å². The molecule has 0 bridgehead atoms. The van der Waals surface area contributed by atoms with Crippen molar-refractivity contribution in [2.75, 3.05) is 18.0 Å². The zero-order valence-corrected chi connectivity index (χ0v) is 19.1. The highest BCUT2D eigenvalue weighted by molar-refractivity contribution is 5.95. The van der Waals surface area contributed by atoms with Crippen molar-refractivity contribution in [2.24, 2.45) is 0 Å². The van der Waals surface area contributed by atoms with E-state index in [1.807, 2.05) is 38.1 Å². The zero-order chi connectivity index (χ0) is 22.8. The van der Waals surface area contributed by atoms with Gasteiger partial charge in [-0.2, -0.15) is 0 Å². The lowest BCUT2D eigenvalue weighted by Gasteiger charge is -2.39. The van der Waals surface area contributed by atoms with Crippen LogP contribution in [0.1, 0.15) is 49.9 Å². The molecule has 3 heterocycles. The molecule has 8 heteroatoms. The van der Waals surface area contributed by atoms with Crippen LogP contribution < -0.4 is 9.64 Å². The zero-order valence-electron chi connectivity index (χ0n) is 19.1. The molecule has 5 rings (SSSR count). The SMILES string of the molecule is CC(C)Oc1cnc(N2CCC(N(C(=O)c3ccc(-c4cnco4)cc3)C3CC3)CC2)nc1. The van der Waals surface area contributed by atoms with Crippen LogP contribution in [-0.4, -0.2) is 57.0 Å². The number of carbonyl (C=O) groups is 1. The predicted molar refractivity (Wildman–Crippen MR) is 124 cm³/mol. The molecule has 3 aromatic rings. The average molecular weight is 448 g/mol. The van der Waals surface area contributed by atoms with Crippen molar-refractivity contribution in [3.8, 4) is 17.1 Å². The summed E-state index contributed by atoms with van der Waals surface area (Å²) in [4.78, 5) is 30.7. The van der Waals surface area contributed by atoms with Crippen LogP contribution in [0.15, 0.2) is 53.7 Å². The molecule has 1 amide bonds. The Morgan fingerprint density at radius 3 is 2.27 bits per heavy atom. The van der Waals surface area contributed by atoms with Crippen LogP contribution in [0, 0.1) is 0 Å². The summed E-state index contributed by atoms with van der Waals surface area (Å²) < 4.78 is 11.0. The van der Waals surface area contributed by atoms with Crippen LogP contribution in [0.4, 0.5) is 5.95 Å². The van der Waals surface area contributed by atoms with Crippen molar-refractivity contribution in [3.05, 3.63) is 54.8 Å². The fourth-order valence-electron chi connectivity index (χ4n) is 4.42. The fourth-order valence-corrected chi connectivity index (χ4v) is 4.42. The van der Waals surface area contributed by atoms with Gasteiger partial charge in [0.05, 0.1) is 24.7 Å². The summed E-state index contributed by atoms with van der Waals surface area (Å²) in [6, 6.07) is 8.21. The molecular formula is C25H29N5O3. The van der Waals surface area contributed by atoms with Gasteiger partial charge in [-0.3, -0.25) is 4.79 Å². The Balaban J connectivity index is 1.23. The number of carbonyl (C=O) groups excluding carboxylic acids is 1. The van der Waals surface area contributed by atoms with Gasteiger partial charge in [-0.25, -0.2) is 15.0 Å². The van der Waals surface area contributed by atoms with E-state index < -0.39 is 0 Å². The normalized spacial score (nSPS) is 16.8. The van der Waals surface area contributed by atoms with Crippen LogP contribution in [0.3, 0.4) is 0 Å². The van der Waals surface area contributed by atoms with E-state index in [9.17, 15) is 4.79 Å². The number of benzene rings is 1. The summed E-state index contributed by atoms with van der Waals surface area (Å²) in [5, 5.41) is 0. The molecule has 33 heavy (non-hydrogen) atoms. The Bertz CT molecular complexity index is 1050. The Morgan fingerprint density at radius 2 is 1.70 bits per heavy atom. The first-order chi connectivity index (χ1) is 16.1. The predicted octanol–water partition coefficient (Wildman–Crippen LogP) is 4.19. The van der Waals surface area contributed by atoms with Crippen LogP contribution in [0.25, 0.3) is 11.3 Å². The van der Waals surface area contributed by atoms with Crippen molar-refractivity contribution in [3.63, 3.8) is 0 Å². The van der Waals surface area contributed by atoms with E-state index in [2.05, 4.69) is 24.8 Å². The number of anilines is 1. The average Bonchev–Trinajstić information content (AvgIpc) is 3.51. The summed E-state index contributed by atoms with van der Waals surface area (Å²) in [7, 11) is 0. The molecule has 1 saturated carbocycles. The van der Waals surface area contributed by atoms with Gasteiger partial charge in [0.25, 0.3) is 5.91 Å². The quantitative estimate of drug-likeness (QED) is 0.537. The molecule has 8 nitrogen and oxygen atoms in total. The number of rotatable bonds is 7. The summed E-state index contributed by atoms with van der Waals surface area (Å²) in [6.45, 7) is 5.62. The van der Waals surface area contributed by atoms with E-state index in [1.54, 1.807) is 18.6 Å². The number of oxazole rings is 1. The molecule has 1 aromatic carbocycles. The van der Waals surface area contributed by atoms with E-state index in [-0.39, 0.29) is 18.1 Å². The molecule has 0 unspecified atom stereocenters. The van der Waals surface area contributed by atoms with E-state index in [0.29, 0.717) is 17.6 Å². The maximum atomic E-state index is 13.4. The monoisotopic (exact) mass is 447 g/mol. The molecular weight excluding hydrogens is 418 g/mol. The smallest absolute Gasteiger partial charge is 0.254 e. The molecule has 1 aliphatic heterocycles. The van der Waals surface area contributed by atoms with Gasteiger partial charge in [0.2, 0.25) is 5.95 Å². The van der Waals surface area contributed by atoms with Crippen LogP contribution >= 0.6 is 0 Å². The number of hydrogen-bond donors (Lipinski definition) is 0. The number of nitrogens with zero attached hydrogens (tertiary/aromatic N) is 5. The number of amides is 1. The lowest BCUT2D eigenvalue weighted by Crippen LogP contribution is -2.48. The van der Waals surface area contributed by atoms with Gasteiger partial charge in [-0.1, -0.05) is 12.1 Å². The minimum atomic E-state index is 0.0967. The topological polar surface area (TPSA) is 84.6 Å². The number of ether oxygens (including phenoxy) is 1. The first-order valence-corrected chi connectivity index (χ1v) is 11.6. The third kappa shape index (κ3) is 4.84. The van der Waals surface area contributed by atoms with Gasteiger partial charge in [-0.15, -0.1) is 0 Å². The van der Waals surface area contributed by atoms with Gasteiger partial charge >= 0.3 is 0 Å². The lowest BCUT2D eigenvalue weighted by atomic mass is 10.0. The first kappa shape index (κ1) is 21.4. The minimum Gasteiger partial charge on any atom is -0.488 e. The van der Waals surface area contributed by atoms with Crippen molar-refractivity contribution in [1.82, 2.24) is 19.9 Å². The highest BCUT2D eigenvalue weighted by Gasteiger charge is 2.39. The number of aromatic nitrogens is 3. The first-order valence-electron chi connectivity index (χ1n) is 11.6. The van der Waals surface area contributed by atoms with E-state index >= 15 is 0 Å². The van der Waals surface area contributed by atoms with Gasteiger partial charge in [0.15, 0.2) is 17.9 Å². The number of hydrogen-bond acceptors (Lipinski definition) is 7. The second kappa shape index (κ2) is 9.21. The second-order valence-electron chi connectivity index (χ2n) is 8.99. The van der Waals surface area contributed by atoms with Gasteiger partial charge < -0.3 is 19.0 Å². The largest absolute Gasteiger partial charge is 0.488 e. The molecule has 2 fully saturated rings. The van der Waals surface area contributed by atoms with Gasteiger partial charge in [-0.05, 0) is 51.7 Å². The molecule has 1 aliphatic carbocycles. The minimum absolute atomic E-state index is 0.0967. The summed E-state index contributed by atoms with van der Waals surface area (Å²) >= 11 is 0. The third-order valence-electron chi connectivity index (χ3n) is 6.15. The second-order valence-corrected chi connectivity index (χ2v) is 8.99. The molecule has 0 spiro atoms. The molecule has 0 atom stereocenters. The van der Waals surface area contributed by atoms with E-state index in [0.717, 1.165) is 55.8 Å². The fraction of sp³-hybridized carbons (Fsp3) is 0.440. The van der Waals surface area contributed by atoms with Gasteiger partial charge in [0, 0.05) is 36.3 Å². The maximum Gasteiger partial charge on any atom is 0.254 e. The standard InChI is InChI=1S/C25H29N5O3/c1-17(2)33-22-13-27-25(28-14-22)29-11-9-21(10-12-29)30(20-7-8-20)24(31)19-5-3-18(4-6-19)23-15-26-16-32-23/h3-6,13-17,20-21H,7-12H2,1-2H3. The highest BCUT2D eigenvalue weighted by Crippen LogP contribution is 2.34. The molecule has 2 aliphatic rings. The summed E-state index contributed by atoms with van der Waals surface area (Å²) in [6.07, 6.45) is 10.6. The Labute approximate surface area is 193 Å². The Morgan fingerprint density at radius 1 is 1.03 bits per heavy atom. The van der Waals surface area contributed by atoms with Crippen LogP contribution in [0.2, 0.25) is 0 Å². The highest BCUT2D eigenvalue weighted by atomic mass is 16.5. The van der Waals surface area contributed by atoms with Crippen molar-refractivity contribution in [2.45, 2.75) is 57.7 Å². The Hall–Kier alpha value is -3.42. The third-order valence-corrected chi connectivity index (χ3v) is 6.15. The van der Waals surface area contributed by atoms with Crippen molar-refractivity contribution >= 4 is 11.9 Å². The van der Waals surface area contributed by atoms with Crippen molar-refractivity contribution in [1.29, 1.82) is 0 Å². The van der Waals surface area contributed by atoms with Crippen molar-refractivity contribution < 1.29 is 13.9 Å². The van der Waals surface area contributed by atoms with Gasteiger partial charge in [0.1, 0.15) is 0 Å². The lowest BCUT2D eigenvalue weighted by molar-refractivity contribution is 0.0630. The summed E-state index contributed by atoms with van der Waals surface area (Å²) in [5.74, 6) is 2.22. The Kier molecular flexibility index (Phi) is 5.98. The maximum absolute atomic E-state index is 13.4. The molecule has 172 valence electrons. The molecule has 2 aromatic heterocycles. The van der Waals surface area contributed by atoms with E-state index in [1.165, 1.54) is 6.39 Å². The molecule has 0 radical (unpaired) electrons. The number of piperidine rings is 1. The molecule has 0 N–H and O–H groups in total. The summed E-state index contributed by atoms with van der Waals surface area (Å²) in [5.41, 5.74) is 1.64. The van der Waals surface area contributed by atoms with Crippen LogP contribution in [0.5, 0.6) is 5.75 Å². The van der Waals surface area contributed by atoms with Crippen LogP contribution in [-0.2, 0) is 0 Å².